The molecule has 2 N–H and O–H groups in total. The first kappa shape index (κ1) is 26.9. The number of aliphatic imine (C=N–C) groups is 1. The van der Waals surface area contributed by atoms with Gasteiger partial charge in [0.1, 0.15) is 0 Å². The Morgan fingerprint density at radius 2 is 1.86 bits per heavy atom. The van der Waals surface area contributed by atoms with Crippen LogP contribution in [0.2, 0.25) is 0 Å². The molecule has 0 aromatic heterocycles. The summed E-state index contributed by atoms with van der Waals surface area (Å²) in [5.41, 5.74) is 0.365. The fraction of sp³-hybridized carbons (Fsp3) is 0.952. The third kappa shape index (κ3) is 10.6. The van der Waals surface area contributed by atoms with Gasteiger partial charge in [-0.05, 0) is 26.3 Å². The van der Waals surface area contributed by atoms with Crippen LogP contribution in [0.3, 0.4) is 0 Å². The molecule has 0 aromatic rings. The van der Waals surface area contributed by atoms with E-state index in [1.807, 2.05) is 7.05 Å². The molecule has 1 saturated carbocycles. The fourth-order valence-electron chi connectivity index (χ4n) is 4.37. The summed E-state index contributed by atoms with van der Waals surface area (Å²) in [6.07, 6.45) is 7.79. The smallest absolute Gasteiger partial charge is 0.191 e. The molecule has 7 nitrogen and oxygen atoms in total. The second-order valence-electron chi connectivity index (χ2n) is 8.45. The van der Waals surface area contributed by atoms with Gasteiger partial charge < -0.3 is 25.0 Å². The van der Waals surface area contributed by atoms with Gasteiger partial charge in [0.15, 0.2) is 5.96 Å². The van der Waals surface area contributed by atoms with Gasteiger partial charge in [0.05, 0.1) is 13.2 Å². The van der Waals surface area contributed by atoms with Crippen molar-refractivity contribution in [3.63, 3.8) is 0 Å². The Morgan fingerprint density at radius 3 is 2.52 bits per heavy atom. The molecular weight excluding hydrogens is 481 g/mol. The van der Waals surface area contributed by atoms with Crippen LogP contribution in [0.4, 0.5) is 0 Å². The van der Waals surface area contributed by atoms with Gasteiger partial charge >= 0.3 is 0 Å². The molecule has 1 aliphatic heterocycles. The van der Waals surface area contributed by atoms with Gasteiger partial charge in [0, 0.05) is 72.0 Å². The molecule has 0 bridgehead atoms. The maximum atomic E-state index is 5.53. The molecule has 2 aliphatic rings. The average Bonchev–Trinajstić information content (AvgIpc) is 2.72. The Hall–Kier alpha value is -0.160. The zero-order chi connectivity index (χ0) is 20.1. The molecule has 0 amide bonds. The molecule has 0 spiro atoms. The first-order chi connectivity index (χ1) is 13.7. The minimum absolute atomic E-state index is 0. The summed E-state index contributed by atoms with van der Waals surface area (Å²) < 4.78 is 10.7. The standard InChI is InChI=1S/C21H43N5O2.HI/c1-22-20(23-10-12-25(2)11-7-15-27-3)24-18-21(8-5-4-6-9-21)19-26-13-16-28-17-14-26;/h4-19H2,1-3H3,(H2,22,23,24);1H. The van der Waals surface area contributed by atoms with E-state index in [4.69, 9.17) is 9.47 Å². The molecular formula is C21H44IN5O2. The van der Waals surface area contributed by atoms with Crippen molar-refractivity contribution in [3.8, 4) is 0 Å². The highest BCUT2D eigenvalue weighted by molar-refractivity contribution is 14.0. The van der Waals surface area contributed by atoms with Gasteiger partial charge in [-0.3, -0.25) is 9.89 Å². The molecule has 2 fully saturated rings. The summed E-state index contributed by atoms with van der Waals surface area (Å²) in [5, 5.41) is 7.12. The maximum absolute atomic E-state index is 5.53. The molecule has 0 unspecified atom stereocenters. The topological polar surface area (TPSA) is 61.4 Å². The van der Waals surface area contributed by atoms with Crippen LogP contribution in [0.25, 0.3) is 0 Å². The van der Waals surface area contributed by atoms with Crippen molar-refractivity contribution >= 4 is 29.9 Å². The van der Waals surface area contributed by atoms with Crippen LogP contribution in [-0.2, 0) is 9.47 Å². The van der Waals surface area contributed by atoms with Gasteiger partial charge in [-0.1, -0.05) is 19.3 Å². The maximum Gasteiger partial charge on any atom is 0.191 e. The minimum atomic E-state index is 0. The summed E-state index contributed by atoms with van der Waals surface area (Å²) in [6.45, 7) is 9.89. The summed E-state index contributed by atoms with van der Waals surface area (Å²) >= 11 is 0. The van der Waals surface area contributed by atoms with Crippen LogP contribution in [0.5, 0.6) is 0 Å². The second kappa shape index (κ2) is 15.6. The van der Waals surface area contributed by atoms with E-state index in [1.54, 1.807) is 7.11 Å². The minimum Gasteiger partial charge on any atom is -0.385 e. The Balaban J connectivity index is 0.00000420. The molecule has 1 heterocycles. The lowest BCUT2D eigenvalue weighted by molar-refractivity contribution is 0.00820. The number of nitrogens with one attached hydrogen (secondary N) is 2. The predicted octanol–water partition coefficient (Wildman–Crippen LogP) is 2.02. The molecule has 0 atom stereocenters. The normalized spacial score (nSPS) is 20.3. The van der Waals surface area contributed by atoms with E-state index in [-0.39, 0.29) is 24.0 Å². The number of ether oxygens (including phenoxy) is 2. The molecule has 172 valence electrons. The van der Waals surface area contributed by atoms with Crippen molar-refractivity contribution in [2.24, 2.45) is 10.4 Å². The number of halogens is 1. The van der Waals surface area contributed by atoms with E-state index in [0.29, 0.717) is 5.41 Å². The molecule has 29 heavy (non-hydrogen) atoms. The van der Waals surface area contributed by atoms with Crippen LogP contribution in [0.1, 0.15) is 38.5 Å². The Kier molecular flexibility index (Phi) is 14.5. The number of nitrogens with zero attached hydrogens (tertiary/aromatic N) is 3. The zero-order valence-electron chi connectivity index (χ0n) is 18.9. The van der Waals surface area contributed by atoms with Gasteiger partial charge in [-0.15, -0.1) is 24.0 Å². The first-order valence-electron chi connectivity index (χ1n) is 11.1. The monoisotopic (exact) mass is 525 g/mol. The summed E-state index contributed by atoms with van der Waals surface area (Å²) in [5.74, 6) is 0.928. The van der Waals surface area contributed by atoms with E-state index < -0.39 is 0 Å². The van der Waals surface area contributed by atoms with Crippen molar-refractivity contribution < 1.29 is 9.47 Å². The fourth-order valence-corrected chi connectivity index (χ4v) is 4.37. The van der Waals surface area contributed by atoms with E-state index in [1.165, 1.54) is 38.6 Å². The predicted molar refractivity (Wildman–Crippen MR) is 132 cm³/mol. The van der Waals surface area contributed by atoms with E-state index in [9.17, 15) is 0 Å². The van der Waals surface area contributed by atoms with Crippen molar-refractivity contribution in [2.45, 2.75) is 38.5 Å². The number of morpholine rings is 1. The summed E-state index contributed by atoms with van der Waals surface area (Å²) in [7, 11) is 5.79. The van der Waals surface area contributed by atoms with Crippen molar-refractivity contribution in [2.75, 3.05) is 86.8 Å². The lowest BCUT2D eigenvalue weighted by Crippen LogP contribution is -2.51. The number of likely N-dealkylation sites (N-methyl/N-ethyl adjacent to an activating group) is 1. The number of methoxy groups -OCH3 is 1. The van der Waals surface area contributed by atoms with E-state index in [0.717, 1.165) is 71.5 Å². The van der Waals surface area contributed by atoms with Crippen molar-refractivity contribution in [1.29, 1.82) is 0 Å². The lowest BCUT2D eigenvalue weighted by atomic mass is 9.73. The molecule has 1 aliphatic carbocycles. The Bertz CT molecular complexity index is 441. The van der Waals surface area contributed by atoms with Crippen LogP contribution in [0.15, 0.2) is 4.99 Å². The average molecular weight is 526 g/mol. The summed E-state index contributed by atoms with van der Waals surface area (Å²) in [4.78, 5) is 9.38. The second-order valence-corrected chi connectivity index (χ2v) is 8.45. The first-order valence-corrected chi connectivity index (χ1v) is 11.1. The quantitative estimate of drug-likeness (QED) is 0.186. The number of hydrogen-bond donors (Lipinski definition) is 2. The number of hydrogen-bond acceptors (Lipinski definition) is 5. The van der Waals surface area contributed by atoms with Crippen LogP contribution < -0.4 is 10.6 Å². The van der Waals surface area contributed by atoms with Gasteiger partial charge in [0.25, 0.3) is 0 Å². The van der Waals surface area contributed by atoms with Crippen LogP contribution in [-0.4, -0.2) is 103 Å². The molecule has 2 rings (SSSR count). The van der Waals surface area contributed by atoms with Crippen molar-refractivity contribution in [3.05, 3.63) is 0 Å². The highest BCUT2D eigenvalue weighted by Crippen LogP contribution is 2.36. The van der Waals surface area contributed by atoms with Gasteiger partial charge in [0.2, 0.25) is 0 Å². The number of rotatable bonds is 11. The van der Waals surface area contributed by atoms with Crippen molar-refractivity contribution in [1.82, 2.24) is 20.4 Å². The highest BCUT2D eigenvalue weighted by Gasteiger charge is 2.34. The van der Waals surface area contributed by atoms with E-state index >= 15 is 0 Å². The van der Waals surface area contributed by atoms with Crippen LogP contribution in [0, 0.1) is 5.41 Å². The van der Waals surface area contributed by atoms with Gasteiger partial charge in [-0.2, -0.15) is 0 Å². The van der Waals surface area contributed by atoms with Gasteiger partial charge in [-0.25, -0.2) is 0 Å². The molecule has 0 aromatic carbocycles. The number of guanidine groups is 1. The summed E-state index contributed by atoms with van der Waals surface area (Å²) in [6, 6.07) is 0. The molecule has 1 saturated heterocycles. The Morgan fingerprint density at radius 1 is 1.14 bits per heavy atom. The molecule has 8 heteroatoms. The third-order valence-electron chi connectivity index (χ3n) is 6.11. The van der Waals surface area contributed by atoms with E-state index in [2.05, 4.69) is 32.5 Å². The molecule has 0 radical (unpaired) electrons. The SMILES string of the molecule is CN=C(NCCN(C)CCCOC)NCC1(CN2CCOCC2)CCCCC1.I. The zero-order valence-corrected chi connectivity index (χ0v) is 21.2. The lowest BCUT2D eigenvalue weighted by Gasteiger charge is -2.42. The van der Waals surface area contributed by atoms with Crippen LogP contribution >= 0.6 is 24.0 Å². The largest absolute Gasteiger partial charge is 0.385 e. The third-order valence-corrected chi connectivity index (χ3v) is 6.11. The Labute approximate surface area is 195 Å². The highest BCUT2D eigenvalue weighted by atomic mass is 127.